The first-order chi connectivity index (χ1) is 40.2. The molecule has 0 N–H and O–H groups in total. The van der Waals surface area contributed by atoms with Crippen molar-refractivity contribution in [1.29, 1.82) is 0 Å². The molecule has 0 spiro atoms. The van der Waals surface area contributed by atoms with Crippen molar-refractivity contribution >= 4 is 44.6 Å². The summed E-state index contributed by atoms with van der Waals surface area (Å²) in [5.74, 6) is 3.10. The molecule has 0 unspecified atom stereocenters. The van der Waals surface area contributed by atoms with Gasteiger partial charge >= 0.3 is 0 Å². The molecule has 0 bridgehead atoms. The highest BCUT2D eigenvalue weighted by molar-refractivity contribution is 6.10. The van der Waals surface area contributed by atoms with Crippen LogP contribution in [0, 0.1) is 0 Å². The molecule has 0 amide bonds. The van der Waals surface area contributed by atoms with Crippen molar-refractivity contribution in [3.8, 4) is 28.4 Å². The predicted molar refractivity (Wildman–Crippen MR) is 355 cm³/mol. The smallest absolute Gasteiger partial charge is 0.137 e. The summed E-state index contributed by atoms with van der Waals surface area (Å²) in [4.78, 5) is 10.1. The first kappa shape index (κ1) is 55.8. The molecule has 0 radical (unpaired) electrons. The molecule has 1 aliphatic heterocycles. The second kappa shape index (κ2) is 21.5. The maximum absolute atomic E-state index is 7.08. The fourth-order valence-electron chi connectivity index (χ4n) is 12.9. The van der Waals surface area contributed by atoms with E-state index in [1.807, 2.05) is 6.20 Å². The quantitative estimate of drug-likeness (QED) is 0.109. The summed E-state index contributed by atoms with van der Waals surface area (Å²) < 4.78 is 9.40. The fraction of sp³-hybridized carbons (Fsp3) is 0.253. The van der Waals surface area contributed by atoms with Gasteiger partial charge in [0.1, 0.15) is 24.0 Å². The van der Waals surface area contributed by atoms with Crippen molar-refractivity contribution in [2.75, 3.05) is 16.5 Å². The molecule has 0 fully saturated rings. The number of aromatic nitrogens is 2. The number of hydrogen-bond donors (Lipinski definition) is 0. The van der Waals surface area contributed by atoms with E-state index in [9.17, 15) is 0 Å². The van der Waals surface area contributed by atoms with Crippen LogP contribution in [-0.2, 0) is 21.7 Å². The van der Waals surface area contributed by atoms with E-state index in [1.165, 1.54) is 66.6 Å². The van der Waals surface area contributed by atoms with Gasteiger partial charge in [-0.3, -0.25) is 4.57 Å². The van der Waals surface area contributed by atoms with Crippen molar-refractivity contribution in [2.45, 2.75) is 124 Å². The molecule has 12 rings (SSSR count). The highest BCUT2D eigenvalue weighted by atomic mass is 16.5. The minimum atomic E-state index is -0.281. The Hall–Kier alpha value is -8.67. The lowest BCUT2D eigenvalue weighted by molar-refractivity contribution is 0.483. The highest BCUT2D eigenvalue weighted by Gasteiger charge is 2.35. The van der Waals surface area contributed by atoms with Crippen molar-refractivity contribution < 1.29 is 4.74 Å². The van der Waals surface area contributed by atoms with Crippen LogP contribution in [0.2, 0.25) is 0 Å². The molecule has 11 aromatic rings. The van der Waals surface area contributed by atoms with Crippen LogP contribution in [0.3, 0.4) is 0 Å². The Labute approximate surface area is 499 Å². The number of benzene rings is 9. The number of ether oxygens (including phenoxy) is 1. The normalized spacial score (nSPS) is 13.2. The number of nitrogens with zero attached hydrogens (tertiary/aromatic N) is 4. The Morgan fingerprint density at radius 3 is 1.54 bits per heavy atom. The van der Waals surface area contributed by atoms with Crippen molar-refractivity contribution in [2.24, 2.45) is 0 Å². The topological polar surface area (TPSA) is 33.5 Å². The summed E-state index contributed by atoms with van der Waals surface area (Å²) in [6.45, 7) is 30.7. The van der Waals surface area contributed by atoms with Gasteiger partial charge in [0, 0.05) is 56.7 Å². The van der Waals surface area contributed by atoms with Gasteiger partial charge in [0.15, 0.2) is 0 Å². The number of rotatable bonds is 14. The van der Waals surface area contributed by atoms with Crippen molar-refractivity contribution in [3.63, 3.8) is 0 Å². The molecule has 0 atom stereocenters. The minimum Gasteiger partial charge on any atom is -0.457 e. The zero-order chi connectivity index (χ0) is 58.9. The Balaban J connectivity index is 0.990. The van der Waals surface area contributed by atoms with Gasteiger partial charge in [-0.1, -0.05) is 223 Å². The summed E-state index contributed by atoms with van der Waals surface area (Å²) in [5, 5.41) is 2.33. The van der Waals surface area contributed by atoms with E-state index in [0.29, 0.717) is 18.5 Å². The van der Waals surface area contributed by atoms with Crippen LogP contribution in [-0.4, -0.2) is 16.2 Å². The van der Waals surface area contributed by atoms with Gasteiger partial charge in [-0.2, -0.15) is 0 Å². The molecule has 0 aliphatic carbocycles. The maximum Gasteiger partial charge on any atom is 0.137 e. The van der Waals surface area contributed by atoms with E-state index in [0.717, 1.165) is 56.5 Å². The third-order valence-corrected chi connectivity index (χ3v) is 18.3. The van der Waals surface area contributed by atoms with Gasteiger partial charge in [-0.25, -0.2) is 4.98 Å². The number of anilines is 4. The Morgan fingerprint density at radius 1 is 0.393 bits per heavy atom. The van der Waals surface area contributed by atoms with Gasteiger partial charge in [-0.15, -0.1) is 0 Å². The van der Waals surface area contributed by atoms with E-state index >= 15 is 0 Å². The molecule has 1 aliphatic rings. The van der Waals surface area contributed by atoms with Crippen LogP contribution >= 0.6 is 0 Å². The zero-order valence-electron chi connectivity index (χ0n) is 51.4. The number of fused-ring (bicyclic) bond motifs is 4. The van der Waals surface area contributed by atoms with Gasteiger partial charge in [0.05, 0.1) is 22.4 Å². The summed E-state index contributed by atoms with van der Waals surface area (Å²) in [7, 11) is 0. The average molecular weight is 1100 g/mol. The number of pyridine rings is 1. The molecule has 9 aromatic carbocycles. The highest BCUT2D eigenvalue weighted by Crippen LogP contribution is 2.51. The van der Waals surface area contributed by atoms with E-state index in [1.54, 1.807) is 0 Å². The first-order valence-corrected chi connectivity index (χ1v) is 30.2. The molecule has 3 heterocycles. The largest absolute Gasteiger partial charge is 0.457 e. The molecule has 422 valence electrons. The van der Waals surface area contributed by atoms with E-state index < -0.39 is 0 Å². The Bertz CT molecular complexity index is 4120. The minimum absolute atomic E-state index is 0.0573. The molecule has 5 nitrogen and oxygen atoms in total. The third-order valence-electron chi connectivity index (χ3n) is 18.3. The Kier molecular flexibility index (Phi) is 14.3. The van der Waals surface area contributed by atoms with Crippen molar-refractivity contribution in [3.05, 3.63) is 275 Å². The van der Waals surface area contributed by atoms with Crippen LogP contribution in [0.4, 0.5) is 22.7 Å². The standard InChI is InChI=1S/C79H80N4O/c1-52(2)66-33-24-34-67(53(3)4)75(66)54-35-39-71-73(43-54)81(51-82(71)63-45-60(78(10,11)56-27-19-15-20-28-56)44-61(46-63)79(12,13)57-29-21-16-22-30-57)62-31-23-32-64(49-62)84-65-37-38-68-69-47-59(77(8,9)55-25-17-14-18-26-55)36-40-70(69)83(72(68)50-65)74-48-58(41-42-80-74)76(5,6)7/h14-50,52-53H,51H2,1-13H3. The van der Waals surface area contributed by atoms with Crippen LogP contribution < -0.4 is 14.5 Å². The van der Waals surface area contributed by atoms with E-state index in [-0.39, 0.29) is 21.7 Å². The van der Waals surface area contributed by atoms with Crippen LogP contribution in [0.5, 0.6) is 11.5 Å². The summed E-state index contributed by atoms with van der Waals surface area (Å²) in [5.41, 5.74) is 20.0. The zero-order valence-corrected chi connectivity index (χ0v) is 51.4. The molecular formula is C79H80N4O. The summed E-state index contributed by atoms with van der Waals surface area (Å²) in [6, 6.07) is 80.7. The second-order valence-corrected chi connectivity index (χ2v) is 26.6. The molecule has 0 saturated heterocycles. The van der Waals surface area contributed by atoms with Gasteiger partial charge in [0.2, 0.25) is 0 Å². The molecular weight excluding hydrogens is 1020 g/mol. The lowest BCUT2D eigenvalue weighted by atomic mass is 9.73. The van der Waals surface area contributed by atoms with Gasteiger partial charge < -0.3 is 14.5 Å². The fourth-order valence-corrected chi connectivity index (χ4v) is 12.9. The van der Waals surface area contributed by atoms with Crippen molar-refractivity contribution in [1.82, 2.24) is 9.55 Å². The number of hydrogen-bond acceptors (Lipinski definition) is 4. The van der Waals surface area contributed by atoms with Crippen LogP contribution in [0.1, 0.15) is 152 Å². The SMILES string of the molecule is CC(C)c1cccc(C(C)C)c1-c1ccc2c(c1)N(c1cccc(Oc3ccc4c5cc(C(C)(C)c6ccccc6)ccc5n(-c5cc(C(C)(C)C)ccn5)c4c3)c1)CN2c1cc(C(C)(C)c2ccccc2)cc(C(C)(C)c2ccccc2)c1. The maximum atomic E-state index is 7.08. The predicted octanol–water partition coefficient (Wildman–Crippen LogP) is 21.4. The third kappa shape index (κ3) is 10.2. The summed E-state index contributed by atoms with van der Waals surface area (Å²) in [6.07, 6.45) is 1.95. The van der Waals surface area contributed by atoms with Crippen LogP contribution in [0.15, 0.2) is 225 Å². The monoisotopic (exact) mass is 1100 g/mol. The lowest BCUT2D eigenvalue weighted by Crippen LogP contribution is -2.27. The summed E-state index contributed by atoms with van der Waals surface area (Å²) >= 11 is 0. The Morgan fingerprint density at radius 2 is 0.952 bits per heavy atom. The molecule has 2 aromatic heterocycles. The lowest BCUT2D eigenvalue weighted by Gasteiger charge is -2.33. The first-order valence-electron chi connectivity index (χ1n) is 30.2. The molecule has 0 saturated carbocycles. The van der Waals surface area contributed by atoms with E-state index in [2.05, 4.69) is 323 Å². The van der Waals surface area contributed by atoms with Gasteiger partial charge in [0.25, 0.3) is 0 Å². The average Bonchev–Trinajstić information content (AvgIpc) is 1.79. The molecule has 84 heavy (non-hydrogen) atoms. The second-order valence-electron chi connectivity index (χ2n) is 26.6. The van der Waals surface area contributed by atoms with E-state index in [4.69, 9.17) is 9.72 Å². The van der Waals surface area contributed by atoms with Gasteiger partial charge in [-0.05, 0) is 151 Å². The molecule has 5 heteroatoms. The van der Waals surface area contributed by atoms with Crippen LogP contribution in [0.25, 0.3) is 38.8 Å².